The second-order valence-corrected chi connectivity index (χ2v) is 6.38. The van der Waals surface area contributed by atoms with Crippen LogP contribution < -0.4 is 5.73 Å². The van der Waals surface area contributed by atoms with Crippen LogP contribution in [0.3, 0.4) is 0 Å². The van der Waals surface area contributed by atoms with Gasteiger partial charge in [-0.05, 0) is 23.1 Å². The van der Waals surface area contributed by atoms with Crippen molar-refractivity contribution in [3.8, 4) is 0 Å². The molecule has 120 valence electrons. The summed E-state index contributed by atoms with van der Waals surface area (Å²) >= 11 is 0. The molecule has 4 rings (SSSR count). The maximum Gasteiger partial charge on any atom is 0.230 e. The smallest absolute Gasteiger partial charge is 0.230 e. The Morgan fingerprint density at radius 3 is 2.43 bits per heavy atom. The molecule has 2 aromatic rings. The summed E-state index contributed by atoms with van der Waals surface area (Å²) in [6, 6.07) is 18.6. The van der Waals surface area contributed by atoms with Crippen molar-refractivity contribution in [2.75, 3.05) is 13.1 Å². The van der Waals surface area contributed by atoms with E-state index in [1.165, 1.54) is 16.7 Å². The molecule has 23 heavy (non-hydrogen) atoms. The zero-order valence-corrected chi connectivity index (χ0v) is 13.7. The van der Waals surface area contributed by atoms with Crippen molar-refractivity contribution in [1.29, 1.82) is 0 Å². The van der Waals surface area contributed by atoms with Crippen molar-refractivity contribution in [3.05, 3.63) is 71.3 Å². The molecule has 3 nitrogen and oxygen atoms in total. The maximum absolute atomic E-state index is 12.8. The van der Waals surface area contributed by atoms with Gasteiger partial charge in [-0.1, -0.05) is 54.6 Å². The fourth-order valence-corrected chi connectivity index (χ4v) is 3.76. The molecule has 3 atom stereocenters. The molecular formula is C19H21ClN2O. The van der Waals surface area contributed by atoms with Crippen molar-refractivity contribution >= 4 is 18.3 Å². The predicted molar refractivity (Wildman–Crippen MR) is 93.9 cm³/mol. The van der Waals surface area contributed by atoms with Crippen molar-refractivity contribution in [1.82, 2.24) is 4.90 Å². The first-order valence-electron chi connectivity index (χ1n) is 7.91. The molecule has 0 saturated carbocycles. The van der Waals surface area contributed by atoms with E-state index in [1.807, 2.05) is 35.2 Å². The molecule has 1 saturated heterocycles. The fraction of sp³-hybridized carbons (Fsp3) is 0.316. The van der Waals surface area contributed by atoms with Gasteiger partial charge in [-0.2, -0.15) is 0 Å². The lowest BCUT2D eigenvalue weighted by Crippen LogP contribution is -2.39. The Morgan fingerprint density at radius 2 is 1.70 bits per heavy atom. The molecule has 2 aromatic carbocycles. The Bertz CT molecular complexity index is 704. The van der Waals surface area contributed by atoms with Gasteiger partial charge in [0, 0.05) is 25.0 Å². The Balaban J connectivity index is 0.00000156. The van der Waals surface area contributed by atoms with Gasteiger partial charge in [0.05, 0.1) is 5.92 Å². The molecule has 1 amide bonds. The summed E-state index contributed by atoms with van der Waals surface area (Å²) in [4.78, 5) is 14.7. The minimum Gasteiger partial charge on any atom is -0.340 e. The van der Waals surface area contributed by atoms with Crippen LogP contribution in [0.25, 0.3) is 0 Å². The lowest BCUT2D eigenvalue weighted by Gasteiger charge is -2.32. The normalized spacial score (nSPS) is 25.3. The molecule has 0 radical (unpaired) electrons. The maximum atomic E-state index is 12.8. The highest BCUT2D eigenvalue weighted by atomic mass is 35.5. The third-order valence-electron chi connectivity index (χ3n) is 5.06. The van der Waals surface area contributed by atoms with E-state index in [0.29, 0.717) is 6.54 Å². The minimum atomic E-state index is 0. The number of carbonyl (C=O) groups is 1. The van der Waals surface area contributed by atoms with Crippen LogP contribution in [0, 0.1) is 0 Å². The van der Waals surface area contributed by atoms with E-state index < -0.39 is 0 Å². The molecule has 1 aliphatic carbocycles. The van der Waals surface area contributed by atoms with E-state index in [-0.39, 0.29) is 36.2 Å². The number of nitrogens with two attached hydrogens (primary N) is 1. The SMILES string of the molecule is Cl.N[C@@H]1CN(C(=O)C2Cc3ccccc32)C[C@H]1c1ccccc1. The first-order valence-corrected chi connectivity index (χ1v) is 7.91. The molecule has 0 aromatic heterocycles. The number of benzene rings is 2. The second kappa shape index (κ2) is 6.34. The van der Waals surface area contributed by atoms with E-state index in [4.69, 9.17) is 5.73 Å². The predicted octanol–water partition coefficient (Wildman–Crippen LogP) is 2.70. The van der Waals surface area contributed by atoms with Crippen LogP contribution >= 0.6 is 12.4 Å². The Kier molecular flexibility index (Phi) is 4.42. The molecule has 1 heterocycles. The quantitative estimate of drug-likeness (QED) is 0.921. The van der Waals surface area contributed by atoms with Crippen LogP contribution in [-0.2, 0) is 11.2 Å². The van der Waals surface area contributed by atoms with Crippen LogP contribution in [0.1, 0.15) is 28.5 Å². The molecule has 2 aliphatic rings. The second-order valence-electron chi connectivity index (χ2n) is 6.38. The third kappa shape index (κ3) is 2.75. The summed E-state index contributed by atoms with van der Waals surface area (Å²) in [5.74, 6) is 0.533. The number of hydrogen-bond donors (Lipinski definition) is 1. The van der Waals surface area contributed by atoms with Crippen LogP contribution in [0.15, 0.2) is 54.6 Å². The number of fused-ring (bicyclic) bond motifs is 1. The molecule has 0 spiro atoms. The van der Waals surface area contributed by atoms with Crippen LogP contribution in [0.4, 0.5) is 0 Å². The molecule has 2 N–H and O–H groups in total. The van der Waals surface area contributed by atoms with Crippen molar-refractivity contribution in [2.24, 2.45) is 5.73 Å². The lowest BCUT2D eigenvalue weighted by atomic mass is 9.77. The number of hydrogen-bond acceptors (Lipinski definition) is 2. The minimum absolute atomic E-state index is 0. The first-order chi connectivity index (χ1) is 10.7. The van der Waals surface area contributed by atoms with Gasteiger partial charge in [0.1, 0.15) is 0 Å². The number of amides is 1. The van der Waals surface area contributed by atoms with E-state index in [2.05, 4.69) is 24.3 Å². The Hall–Kier alpha value is -1.84. The van der Waals surface area contributed by atoms with Gasteiger partial charge >= 0.3 is 0 Å². The molecule has 1 aliphatic heterocycles. The van der Waals surface area contributed by atoms with Crippen molar-refractivity contribution in [3.63, 3.8) is 0 Å². The first kappa shape index (κ1) is 16.0. The van der Waals surface area contributed by atoms with Crippen LogP contribution in [0.2, 0.25) is 0 Å². The van der Waals surface area contributed by atoms with E-state index >= 15 is 0 Å². The standard InChI is InChI=1S/C19H20N2O.ClH/c20-18-12-21(11-17(18)13-6-2-1-3-7-13)19(22)16-10-14-8-4-5-9-15(14)16;/h1-9,16-18H,10-12,20H2;1H/t16?,17-,18+;/m0./s1. The molecule has 4 heteroatoms. The fourth-order valence-electron chi connectivity index (χ4n) is 3.76. The topological polar surface area (TPSA) is 46.3 Å². The third-order valence-corrected chi connectivity index (χ3v) is 5.06. The van der Waals surface area contributed by atoms with Gasteiger partial charge in [0.25, 0.3) is 0 Å². The lowest BCUT2D eigenvalue weighted by molar-refractivity contribution is -0.132. The largest absolute Gasteiger partial charge is 0.340 e. The molecule has 1 fully saturated rings. The van der Waals surface area contributed by atoms with E-state index in [0.717, 1.165) is 13.0 Å². The Labute approximate surface area is 142 Å². The number of nitrogens with zero attached hydrogens (tertiary/aromatic N) is 1. The average molecular weight is 329 g/mol. The monoisotopic (exact) mass is 328 g/mol. The summed E-state index contributed by atoms with van der Waals surface area (Å²) in [5, 5.41) is 0. The average Bonchev–Trinajstić information content (AvgIpc) is 2.91. The van der Waals surface area contributed by atoms with Gasteiger partial charge in [0.2, 0.25) is 5.91 Å². The molecule has 0 bridgehead atoms. The van der Waals surface area contributed by atoms with Gasteiger partial charge in [-0.25, -0.2) is 0 Å². The summed E-state index contributed by atoms with van der Waals surface area (Å²) in [7, 11) is 0. The Morgan fingerprint density at radius 1 is 1.00 bits per heavy atom. The zero-order valence-electron chi connectivity index (χ0n) is 12.9. The summed E-state index contributed by atoms with van der Waals surface area (Å²) in [6.45, 7) is 1.40. The molecule has 1 unspecified atom stereocenters. The van der Waals surface area contributed by atoms with Gasteiger partial charge in [-0.15, -0.1) is 12.4 Å². The van der Waals surface area contributed by atoms with Crippen LogP contribution in [-0.4, -0.2) is 29.9 Å². The highest BCUT2D eigenvalue weighted by molar-refractivity contribution is 5.87. The van der Waals surface area contributed by atoms with Gasteiger partial charge in [0.15, 0.2) is 0 Å². The van der Waals surface area contributed by atoms with Gasteiger partial charge in [-0.3, -0.25) is 4.79 Å². The molecular weight excluding hydrogens is 308 g/mol. The van der Waals surface area contributed by atoms with Crippen molar-refractivity contribution < 1.29 is 4.79 Å². The summed E-state index contributed by atoms with van der Waals surface area (Å²) in [6.07, 6.45) is 0.872. The summed E-state index contributed by atoms with van der Waals surface area (Å²) in [5.41, 5.74) is 10.0. The number of rotatable bonds is 2. The summed E-state index contributed by atoms with van der Waals surface area (Å²) < 4.78 is 0. The van der Waals surface area contributed by atoms with E-state index in [1.54, 1.807) is 0 Å². The zero-order chi connectivity index (χ0) is 15.1. The van der Waals surface area contributed by atoms with Crippen molar-refractivity contribution in [2.45, 2.75) is 24.3 Å². The number of carbonyl (C=O) groups excluding carboxylic acids is 1. The number of likely N-dealkylation sites (tertiary alicyclic amines) is 1. The number of halogens is 1. The van der Waals surface area contributed by atoms with Gasteiger partial charge < -0.3 is 10.6 Å². The highest BCUT2D eigenvalue weighted by Crippen LogP contribution is 2.38. The van der Waals surface area contributed by atoms with Crippen LogP contribution in [0.5, 0.6) is 0 Å². The highest BCUT2D eigenvalue weighted by Gasteiger charge is 2.40. The van der Waals surface area contributed by atoms with E-state index in [9.17, 15) is 4.79 Å².